The molecule has 1 unspecified atom stereocenters. The summed E-state index contributed by atoms with van der Waals surface area (Å²) in [6, 6.07) is 6.48. The SMILES string of the molecule is CCn1nccc1C(=O)NC(C(=O)Nc1ccc2c(c1)N(C(=O)O)CC21CCOCC1)[C@H]1CC[C@H](C)CC1. The molecule has 2 aliphatic heterocycles. The molecule has 3 N–H and O–H groups in total. The van der Waals surface area contributed by atoms with E-state index in [2.05, 4.69) is 22.7 Å². The van der Waals surface area contributed by atoms with Gasteiger partial charge in [0, 0.05) is 43.6 Å². The lowest BCUT2D eigenvalue weighted by atomic mass is 9.76. The highest BCUT2D eigenvalue weighted by molar-refractivity contribution is 6.01. The van der Waals surface area contributed by atoms with Crippen LogP contribution in [0.15, 0.2) is 30.5 Å². The molecular formula is C28H37N5O5. The van der Waals surface area contributed by atoms with Crippen LogP contribution < -0.4 is 15.5 Å². The molecule has 38 heavy (non-hydrogen) atoms. The monoisotopic (exact) mass is 523 g/mol. The van der Waals surface area contributed by atoms with Gasteiger partial charge in [0.1, 0.15) is 11.7 Å². The van der Waals surface area contributed by atoms with Gasteiger partial charge in [-0.1, -0.05) is 25.8 Å². The Bertz CT molecular complexity index is 1200. The van der Waals surface area contributed by atoms with E-state index in [1.807, 2.05) is 19.1 Å². The zero-order valence-corrected chi connectivity index (χ0v) is 22.1. The number of carboxylic acid groups (broad SMARTS) is 1. The average Bonchev–Trinajstić information content (AvgIpc) is 3.51. The Morgan fingerprint density at radius 1 is 1.16 bits per heavy atom. The quantitative estimate of drug-likeness (QED) is 0.525. The summed E-state index contributed by atoms with van der Waals surface area (Å²) in [7, 11) is 0. The van der Waals surface area contributed by atoms with Crippen LogP contribution in [0.3, 0.4) is 0 Å². The van der Waals surface area contributed by atoms with E-state index in [1.165, 1.54) is 4.90 Å². The molecule has 3 aliphatic rings. The Morgan fingerprint density at radius 3 is 2.58 bits per heavy atom. The Morgan fingerprint density at radius 2 is 1.89 bits per heavy atom. The first-order chi connectivity index (χ1) is 18.3. The molecule has 1 aliphatic carbocycles. The molecule has 0 bridgehead atoms. The molecule has 0 radical (unpaired) electrons. The number of benzene rings is 1. The fraction of sp³-hybridized carbons (Fsp3) is 0.571. The number of carbonyl (C=O) groups is 3. The first-order valence-corrected chi connectivity index (χ1v) is 13.7. The number of aromatic nitrogens is 2. The van der Waals surface area contributed by atoms with Gasteiger partial charge in [-0.05, 0) is 68.2 Å². The summed E-state index contributed by atoms with van der Waals surface area (Å²) < 4.78 is 7.16. The van der Waals surface area contributed by atoms with Gasteiger partial charge < -0.3 is 20.5 Å². The number of nitrogens with one attached hydrogen (secondary N) is 2. The molecule has 1 saturated carbocycles. The molecule has 1 aromatic heterocycles. The van der Waals surface area contributed by atoms with Gasteiger partial charge in [0.25, 0.3) is 5.91 Å². The van der Waals surface area contributed by atoms with E-state index in [4.69, 9.17) is 4.74 Å². The first kappa shape index (κ1) is 26.2. The molecule has 2 fully saturated rings. The Labute approximate surface area is 222 Å². The molecule has 3 heterocycles. The van der Waals surface area contributed by atoms with Crippen LogP contribution in [0.4, 0.5) is 16.2 Å². The number of hydrogen-bond acceptors (Lipinski definition) is 5. The molecule has 10 heteroatoms. The van der Waals surface area contributed by atoms with E-state index < -0.39 is 12.1 Å². The van der Waals surface area contributed by atoms with Crippen LogP contribution in [-0.4, -0.2) is 58.6 Å². The number of rotatable bonds is 6. The van der Waals surface area contributed by atoms with Crippen LogP contribution in [0.5, 0.6) is 0 Å². The fourth-order valence-electron chi connectivity index (χ4n) is 6.34. The third kappa shape index (κ3) is 5.01. The van der Waals surface area contributed by atoms with Crippen molar-refractivity contribution in [1.82, 2.24) is 15.1 Å². The number of carbonyl (C=O) groups excluding carboxylic acids is 2. The molecule has 1 spiro atoms. The lowest BCUT2D eigenvalue weighted by Gasteiger charge is -2.33. The lowest BCUT2D eigenvalue weighted by Crippen LogP contribution is -2.49. The van der Waals surface area contributed by atoms with Gasteiger partial charge in [-0.15, -0.1) is 0 Å². The maximum absolute atomic E-state index is 13.7. The van der Waals surface area contributed by atoms with Crippen molar-refractivity contribution in [3.05, 3.63) is 41.7 Å². The minimum Gasteiger partial charge on any atom is -0.465 e. The van der Waals surface area contributed by atoms with Crippen molar-refractivity contribution in [2.24, 2.45) is 11.8 Å². The number of anilines is 2. The molecule has 5 rings (SSSR count). The Hall–Kier alpha value is -3.40. The third-order valence-corrected chi connectivity index (χ3v) is 8.62. The number of fused-ring (bicyclic) bond motifs is 2. The second-order valence-corrected chi connectivity index (χ2v) is 11.0. The summed E-state index contributed by atoms with van der Waals surface area (Å²) in [5.74, 6) is 0.00339. The second kappa shape index (κ2) is 10.8. The normalized spacial score (nSPS) is 23.1. The molecule has 204 valence electrons. The number of hydrogen-bond donors (Lipinski definition) is 3. The van der Waals surface area contributed by atoms with Crippen molar-refractivity contribution in [1.29, 1.82) is 0 Å². The summed E-state index contributed by atoms with van der Waals surface area (Å²) >= 11 is 0. The van der Waals surface area contributed by atoms with E-state index >= 15 is 0 Å². The van der Waals surface area contributed by atoms with Crippen molar-refractivity contribution < 1.29 is 24.2 Å². The van der Waals surface area contributed by atoms with Gasteiger partial charge in [0.2, 0.25) is 5.91 Å². The van der Waals surface area contributed by atoms with Crippen LogP contribution in [0, 0.1) is 11.8 Å². The largest absolute Gasteiger partial charge is 0.465 e. The maximum Gasteiger partial charge on any atom is 0.411 e. The fourth-order valence-corrected chi connectivity index (χ4v) is 6.34. The van der Waals surface area contributed by atoms with Crippen LogP contribution in [0.2, 0.25) is 0 Å². The van der Waals surface area contributed by atoms with Gasteiger partial charge in [-0.2, -0.15) is 5.10 Å². The highest BCUT2D eigenvalue weighted by Crippen LogP contribution is 2.47. The molecule has 10 nitrogen and oxygen atoms in total. The zero-order chi connectivity index (χ0) is 26.9. The van der Waals surface area contributed by atoms with Crippen molar-refractivity contribution in [2.75, 3.05) is 30.0 Å². The van der Waals surface area contributed by atoms with Gasteiger partial charge in [0.05, 0.1) is 5.69 Å². The number of aryl methyl sites for hydroxylation is 1. The standard InChI is InChI=1S/C28H37N5O5/c1-3-33-22(10-13-29-33)25(34)31-24(19-6-4-18(2)5-7-19)26(35)30-20-8-9-21-23(16-20)32(27(36)37)17-28(21)11-14-38-15-12-28/h8-10,13,16,18-19,24H,3-7,11-12,14-15,17H2,1-2H3,(H,30,35)(H,31,34)(H,36,37)/t18-,19-,24?. The zero-order valence-electron chi connectivity index (χ0n) is 22.1. The van der Waals surface area contributed by atoms with Crippen LogP contribution in [-0.2, 0) is 21.5 Å². The number of nitrogens with zero attached hydrogens (tertiary/aromatic N) is 3. The van der Waals surface area contributed by atoms with Gasteiger partial charge in [0.15, 0.2) is 0 Å². The van der Waals surface area contributed by atoms with E-state index in [0.29, 0.717) is 49.3 Å². The van der Waals surface area contributed by atoms with Crippen molar-refractivity contribution >= 4 is 29.3 Å². The molecule has 1 saturated heterocycles. The summed E-state index contributed by atoms with van der Waals surface area (Å²) in [6.07, 6.45) is 5.83. The topological polar surface area (TPSA) is 126 Å². The summed E-state index contributed by atoms with van der Waals surface area (Å²) in [4.78, 5) is 40.3. The first-order valence-electron chi connectivity index (χ1n) is 13.7. The molecule has 2 aromatic rings. The molecule has 3 amide bonds. The van der Waals surface area contributed by atoms with E-state index in [1.54, 1.807) is 23.0 Å². The van der Waals surface area contributed by atoms with E-state index in [9.17, 15) is 19.5 Å². The molecule has 1 aromatic carbocycles. The van der Waals surface area contributed by atoms with Crippen LogP contribution >= 0.6 is 0 Å². The maximum atomic E-state index is 13.7. The lowest BCUT2D eigenvalue weighted by molar-refractivity contribution is -0.119. The molecular weight excluding hydrogens is 486 g/mol. The Balaban J connectivity index is 1.39. The summed E-state index contributed by atoms with van der Waals surface area (Å²) in [5, 5.41) is 20.1. The van der Waals surface area contributed by atoms with E-state index in [0.717, 1.165) is 44.1 Å². The predicted molar refractivity (Wildman–Crippen MR) is 142 cm³/mol. The van der Waals surface area contributed by atoms with Gasteiger partial charge in [-0.25, -0.2) is 4.79 Å². The van der Waals surface area contributed by atoms with Crippen LogP contribution in [0.1, 0.15) is 68.4 Å². The summed E-state index contributed by atoms with van der Waals surface area (Å²) in [6.45, 7) is 6.27. The van der Waals surface area contributed by atoms with Crippen molar-refractivity contribution in [2.45, 2.75) is 70.4 Å². The minimum absolute atomic E-state index is 0.0172. The Kier molecular flexibility index (Phi) is 7.43. The number of amides is 3. The highest BCUT2D eigenvalue weighted by atomic mass is 16.5. The smallest absolute Gasteiger partial charge is 0.411 e. The second-order valence-electron chi connectivity index (χ2n) is 11.0. The van der Waals surface area contributed by atoms with Crippen molar-refractivity contribution in [3.63, 3.8) is 0 Å². The van der Waals surface area contributed by atoms with Gasteiger partial charge >= 0.3 is 6.09 Å². The van der Waals surface area contributed by atoms with Gasteiger partial charge in [-0.3, -0.25) is 19.2 Å². The molecule has 1 atom stereocenters. The predicted octanol–water partition coefficient (Wildman–Crippen LogP) is 4.01. The van der Waals surface area contributed by atoms with Crippen molar-refractivity contribution in [3.8, 4) is 0 Å². The summed E-state index contributed by atoms with van der Waals surface area (Å²) in [5.41, 5.74) is 2.28. The average molecular weight is 524 g/mol. The minimum atomic E-state index is -1.01. The highest BCUT2D eigenvalue weighted by Gasteiger charge is 2.46. The van der Waals surface area contributed by atoms with Crippen LogP contribution in [0.25, 0.3) is 0 Å². The number of ether oxygens (including phenoxy) is 1. The van der Waals surface area contributed by atoms with E-state index in [-0.39, 0.29) is 23.1 Å². The third-order valence-electron chi connectivity index (χ3n) is 8.62.